The molecule has 3 aromatic rings. The van der Waals surface area contributed by atoms with Crippen molar-refractivity contribution in [3.63, 3.8) is 0 Å². The van der Waals surface area contributed by atoms with Gasteiger partial charge in [-0.25, -0.2) is 0 Å². The molecule has 15 nitrogen and oxygen atoms in total. The van der Waals surface area contributed by atoms with Gasteiger partial charge in [-0.05, 0) is 25.1 Å². The van der Waals surface area contributed by atoms with Gasteiger partial charge in [0.15, 0.2) is 29.3 Å². The van der Waals surface area contributed by atoms with Gasteiger partial charge in [0, 0.05) is 23.8 Å². The van der Waals surface area contributed by atoms with Gasteiger partial charge >= 0.3 is 0 Å². The van der Waals surface area contributed by atoms with Crippen LogP contribution in [0.15, 0.2) is 45.6 Å². The summed E-state index contributed by atoms with van der Waals surface area (Å²) in [5.41, 5.74) is -0.414. The number of aliphatic hydroxyl groups excluding tert-OH is 6. The molecule has 3 heterocycles. The molecule has 0 radical (unpaired) electrons. The molecule has 2 saturated heterocycles. The number of ether oxygens (including phenoxy) is 5. The molecule has 0 aliphatic carbocycles. The molecule has 0 unspecified atom stereocenters. The van der Waals surface area contributed by atoms with E-state index in [4.69, 9.17) is 28.1 Å². The minimum absolute atomic E-state index is 0.0410. The fourth-order valence-electron chi connectivity index (χ4n) is 5.01. The number of fused-ring (bicyclic) bond motifs is 1. The molecule has 0 spiro atoms. The van der Waals surface area contributed by atoms with Crippen LogP contribution in [0.5, 0.6) is 23.0 Å². The van der Waals surface area contributed by atoms with Crippen LogP contribution in [-0.4, -0.2) is 116 Å². The molecule has 0 bridgehead atoms. The van der Waals surface area contributed by atoms with E-state index in [0.717, 1.165) is 12.1 Å². The molecule has 0 amide bonds. The van der Waals surface area contributed by atoms with Gasteiger partial charge in [-0.3, -0.25) is 4.79 Å². The van der Waals surface area contributed by atoms with Crippen LogP contribution in [0.3, 0.4) is 0 Å². The number of aliphatic hydroxyl groups is 6. The maximum Gasteiger partial charge on any atom is 0.229 e. The number of rotatable bonds is 7. The molecular weight excluding hydrogens is 576 g/mol. The second kappa shape index (κ2) is 12.2. The second-order valence-electron chi connectivity index (χ2n) is 10.3. The van der Waals surface area contributed by atoms with Crippen LogP contribution in [0.2, 0.25) is 0 Å². The Labute approximate surface area is 243 Å². The minimum Gasteiger partial charge on any atom is -0.507 e. The van der Waals surface area contributed by atoms with Crippen molar-refractivity contribution in [1.29, 1.82) is 0 Å². The first-order valence-electron chi connectivity index (χ1n) is 13.3. The fraction of sp³-hybridized carbons (Fsp3) is 0.464. The van der Waals surface area contributed by atoms with Gasteiger partial charge in [0.2, 0.25) is 6.29 Å². The Morgan fingerprint density at radius 1 is 0.837 bits per heavy atom. The molecule has 15 heteroatoms. The van der Waals surface area contributed by atoms with Gasteiger partial charge < -0.3 is 69.0 Å². The lowest BCUT2D eigenvalue weighted by Crippen LogP contribution is -2.64. The van der Waals surface area contributed by atoms with Gasteiger partial charge in [0.25, 0.3) is 0 Å². The molecule has 1 aromatic heterocycles. The van der Waals surface area contributed by atoms with E-state index in [1.54, 1.807) is 6.07 Å². The number of phenolic OH excluding ortho intramolecular Hbond substituents is 2. The number of methoxy groups -OCH3 is 1. The first-order valence-corrected chi connectivity index (χ1v) is 13.3. The van der Waals surface area contributed by atoms with Crippen LogP contribution in [0, 0.1) is 0 Å². The van der Waals surface area contributed by atoms with Crippen LogP contribution in [0.4, 0.5) is 0 Å². The standard InChI is InChI=1S/C28H32O15/c1-10-21(33)23(35)25(37)27(39-10)43-26-24(36)22(34)19(9-29)42-28(26)40-12-6-14(31)20-15(32)8-17(41-18(20)7-12)11-3-4-16(38-2)13(30)5-11/h3-8,10,19,21-31,33-37H,9H2,1-2H3/t10-,19+,21-,22+,23-,24+,25-,26-,27-,28+/m0/s1. The lowest BCUT2D eigenvalue weighted by Gasteiger charge is -2.45. The summed E-state index contributed by atoms with van der Waals surface area (Å²) in [6, 6.07) is 7.77. The van der Waals surface area contributed by atoms with Crippen molar-refractivity contribution in [3.8, 4) is 34.3 Å². The molecule has 10 atom stereocenters. The number of benzene rings is 2. The first kappa shape index (κ1) is 30.9. The summed E-state index contributed by atoms with van der Waals surface area (Å²) >= 11 is 0. The monoisotopic (exact) mass is 608 g/mol. The highest BCUT2D eigenvalue weighted by molar-refractivity contribution is 5.86. The van der Waals surface area contributed by atoms with Gasteiger partial charge in [-0.2, -0.15) is 0 Å². The predicted octanol–water partition coefficient (Wildman–Crippen LogP) is -1.09. The molecule has 234 valence electrons. The van der Waals surface area contributed by atoms with Crippen LogP contribution in [0.25, 0.3) is 22.3 Å². The Balaban J connectivity index is 1.48. The van der Waals surface area contributed by atoms with E-state index in [2.05, 4.69) is 0 Å². The zero-order valence-corrected chi connectivity index (χ0v) is 22.9. The summed E-state index contributed by atoms with van der Waals surface area (Å²) in [4.78, 5) is 12.9. The summed E-state index contributed by atoms with van der Waals surface area (Å²) in [6.45, 7) is 0.687. The summed E-state index contributed by atoms with van der Waals surface area (Å²) in [5, 5.41) is 82.2. The Morgan fingerprint density at radius 2 is 1.58 bits per heavy atom. The fourth-order valence-corrected chi connectivity index (χ4v) is 5.01. The van der Waals surface area contributed by atoms with E-state index in [0.29, 0.717) is 5.56 Å². The van der Waals surface area contributed by atoms with E-state index in [-0.39, 0.29) is 34.0 Å². The summed E-state index contributed by atoms with van der Waals surface area (Å²) in [6.07, 6.45) is -15.4. The lowest BCUT2D eigenvalue weighted by molar-refractivity contribution is -0.354. The molecule has 2 aromatic carbocycles. The highest BCUT2D eigenvalue weighted by Crippen LogP contribution is 2.36. The molecule has 2 aliphatic heterocycles. The van der Waals surface area contributed by atoms with E-state index < -0.39 is 79.2 Å². The molecule has 2 aliphatic rings. The zero-order chi connectivity index (χ0) is 31.2. The highest BCUT2D eigenvalue weighted by Gasteiger charge is 2.50. The van der Waals surface area contributed by atoms with E-state index >= 15 is 0 Å². The number of aromatic hydroxyl groups is 2. The van der Waals surface area contributed by atoms with Crippen molar-refractivity contribution in [2.24, 2.45) is 0 Å². The maximum atomic E-state index is 12.9. The molecule has 2 fully saturated rings. The van der Waals surface area contributed by atoms with Gasteiger partial charge in [0.1, 0.15) is 64.9 Å². The lowest BCUT2D eigenvalue weighted by atomic mass is 9.97. The third kappa shape index (κ3) is 5.86. The van der Waals surface area contributed by atoms with Crippen molar-refractivity contribution < 1.29 is 69.0 Å². The van der Waals surface area contributed by atoms with Crippen LogP contribution < -0.4 is 14.9 Å². The number of hydrogen-bond donors (Lipinski definition) is 8. The summed E-state index contributed by atoms with van der Waals surface area (Å²) in [5.74, 6) is -0.653. The molecule has 0 saturated carbocycles. The zero-order valence-electron chi connectivity index (χ0n) is 22.9. The van der Waals surface area contributed by atoms with Crippen molar-refractivity contribution in [2.75, 3.05) is 13.7 Å². The van der Waals surface area contributed by atoms with Gasteiger partial charge in [-0.1, -0.05) is 0 Å². The Kier molecular flexibility index (Phi) is 8.80. The predicted molar refractivity (Wildman–Crippen MR) is 143 cm³/mol. The van der Waals surface area contributed by atoms with Gasteiger partial charge in [-0.15, -0.1) is 0 Å². The van der Waals surface area contributed by atoms with E-state index in [9.17, 15) is 45.6 Å². The Hall–Kier alpha value is -3.51. The third-order valence-electron chi connectivity index (χ3n) is 7.42. The quantitative estimate of drug-likeness (QED) is 0.159. The normalized spacial score (nSPS) is 32.9. The third-order valence-corrected chi connectivity index (χ3v) is 7.42. The molecule has 5 rings (SSSR count). The topological polar surface area (TPSA) is 238 Å². The van der Waals surface area contributed by atoms with Crippen LogP contribution >= 0.6 is 0 Å². The smallest absolute Gasteiger partial charge is 0.229 e. The highest BCUT2D eigenvalue weighted by atomic mass is 16.8. The van der Waals surface area contributed by atoms with Crippen molar-refractivity contribution >= 4 is 11.0 Å². The maximum absolute atomic E-state index is 12.9. The molecule has 43 heavy (non-hydrogen) atoms. The summed E-state index contributed by atoms with van der Waals surface area (Å²) < 4.78 is 33.5. The van der Waals surface area contributed by atoms with Crippen molar-refractivity contribution in [3.05, 3.63) is 46.6 Å². The SMILES string of the molecule is COc1ccc(-c2cc(=O)c3c(O)cc(O[C@@H]4O[C@H](CO)[C@@H](O)[C@@H](O)[C@@H]4O[C@@H]4O[C@@H](C)[C@H](O)[C@H](O)[C@@H]4O)cc3o2)cc1O. The average Bonchev–Trinajstić information content (AvgIpc) is 2.97. The van der Waals surface area contributed by atoms with Crippen molar-refractivity contribution in [2.45, 2.75) is 68.3 Å². The Morgan fingerprint density at radius 3 is 2.26 bits per heavy atom. The largest absolute Gasteiger partial charge is 0.507 e. The number of hydrogen-bond acceptors (Lipinski definition) is 15. The van der Waals surface area contributed by atoms with Gasteiger partial charge in [0.05, 0.1) is 19.8 Å². The molecular formula is C28H32O15. The second-order valence-corrected chi connectivity index (χ2v) is 10.3. The van der Waals surface area contributed by atoms with Crippen molar-refractivity contribution in [1.82, 2.24) is 0 Å². The van der Waals surface area contributed by atoms with Crippen LogP contribution in [-0.2, 0) is 14.2 Å². The summed E-state index contributed by atoms with van der Waals surface area (Å²) in [7, 11) is 1.38. The number of phenols is 2. The minimum atomic E-state index is -1.77. The average molecular weight is 609 g/mol. The Bertz CT molecular complexity index is 1510. The van der Waals surface area contributed by atoms with Crippen LogP contribution in [0.1, 0.15) is 6.92 Å². The first-order chi connectivity index (χ1) is 20.4. The van der Waals surface area contributed by atoms with E-state index in [1.165, 1.54) is 32.2 Å². The van der Waals surface area contributed by atoms with E-state index in [1.807, 2.05) is 0 Å². The molecule has 8 N–H and O–H groups in total.